The molecule has 1 heterocycles. The first-order valence-corrected chi connectivity index (χ1v) is 8.82. The summed E-state index contributed by atoms with van der Waals surface area (Å²) in [6.45, 7) is 1.38. The van der Waals surface area contributed by atoms with Gasteiger partial charge in [-0.25, -0.2) is 13.4 Å². The molecule has 1 aromatic heterocycles. The molecule has 1 amide bonds. The topological polar surface area (TPSA) is 101 Å². The van der Waals surface area contributed by atoms with Crippen LogP contribution in [0.1, 0.15) is 6.92 Å². The predicted molar refractivity (Wildman–Crippen MR) is 93.5 cm³/mol. The number of hydrogen-bond acceptors (Lipinski definition) is 5. The van der Waals surface area contributed by atoms with Gasteiger partial charge in [0.2, 0.25) is 5.91 Å². The first-order chi connectivity index (χ1) is 11.9. The number of benzene rings is 2. The monoisotopic (exact) mass is 357 g/mol. The molecule has 0 aliphatic rings. The molecule has 2 aromatic carbocycles. The summed E-state index contributed by atoms with van der Waals surface area (Å²) in [6.07, 6.45) is 2.86. The van der Waals surface area contributed by atoms with E-state index in [0.29, 0.717) is 22.7 Å². The summed E-state index contributed by atoms with van der Waals surface area (Å²) < 4.78 is 32.7. The fourth-order valence-corrected chi connectivity index (χ4v) is 3.28. The second kappa shape index (κ2) is 6.78. The van der Waals surface area contributed by atoms with Crippen LogP contribution in [-0.4, -0.2) is 19.3 Å². The average Bonchev–Trinajstić information content (AvgIpc) is 3.09. The number of nitrogens with one attached hydrogen (secondary N) is 2. The van der Waals surface area contributed by atoms with E-state index in [1.54, 1.807) is 30.5 Å². The number of hydrogen-bond donors (Lipinski definition) is 2. The van der Waals surface area contributed by atoms with Crippen LogP contribution in [0.15, 0.2) is 70.4 Å². The number of carbonyl (C=O) groups is 1. The van der Waals surface area contributed by atoms with Gasteiger partial charge >= 0.3 is 0 Å². The molecule has 0 saturated heterocycles. The third kappa shape index (κ3) is 4.04. The van der Waals surface area contributed by atoms with E-state index in [0.717, 1.165) is 0 Å². The quantitative estimate of drug-likeness (QED) is 0.731. The molecule has 7 nitrogen and oxygen atoms in total. The molecule has 0 radical (unpaired) electrons. The van der Waals surface area contributed by atoms with Gasteiger partial charge in [0.05, 0.1) is 11.1 Å². The molecule has 3 rings (SSSR count). The molecule has 0 unspecified atom stereocenters. The van der Waals surface area contributed by atoms with E-state index >= 15 is 0 Å². The van der Waals surface area contributed by atoms with Crippen LogP contribution in [0.25, 0.3) is 11.3 Å². The van der Waals surface area contributed by atoms with Gasteiger partial charge in [0.1, 0.15) is 0 Å². The zero-order valence-electron chi connectivity index (χ0n) is 13.3. The van der Waals surface area contributed by atoms with E-state index in [-0.39, 0.29) is 10.8 Å². The first-order valence-electron chi connectivity index (χ1n) is 7.33. The number of rotatable bonds is 5. The molecule has 0 fully saturated rings. The Morgan fingerprint density at radius 3 is 2.48 bits per heavy atom. The summed E-state index contributed by atoms with van der Waals surface area (Å²) in [5.74, 6) is 0.318. The second-order valence-corrected chi connectivity index (χ2v) is 6.94. The Morgan fingerprint density at radius 2 is 1.84 bits per heavy atom. The van der Waals surface area contributed by atoms with Crippen LogP contribution in [0.3, 0.4) is 0 Å². The number of amides is 1. The standard InChI is InChI=1S/C17H15N3O4S/c1-12(21)19-14-5-7-16(8-6-14)25(22,23)20-15-4-2-3-13(9-15)17-10-18-11-24-17/h2-11,20H,1H3,(H,19,21). The van der Waals surface area contributed by atoms with Gasteiger partial charge in [0, 0.05) is 23.9 Å². The van der Waals surface area contributed by atoms with Gasteiger partial charge in [0.25, 0.3) is 10.0 Å². The number of aromatic nitrogens is 1. The highest BCUT2D eigenvalue weighted by Crippen LogP contribution is 2.24. The number of anilines is 2. The van der Waals surface area contributed by atoms with Crippen molar-refractivity contribution in [2.24, 2.45) is 0 Å². The average molecular weight is 357 g/mol. The SMILES string of the molecule is CC(=O)Nc1ccc(S(=O)(=O)Nc2cccc(-c3cnco3)c2)cc1. The number of carbonyl (C=O) groups excluding carboxylic acids is 1. The molecule has 3 aromatic rings. The second-order valence-electron chi connectivity index (χ2n) is 5.26. The highest BCUT2D eigenvalue weighted by molar-refractivity contribution is 7.92. The molecule has 8 heteroatoms. The lowest BCUT2D eigenvalue weighted by Crippen LogP contribution is -2.13. The molecule has 128 valence electrons. The molecule has 0 spiro atoms. The van der Waals surface area contributed by atoms with Crippen LogP contribution in [-0.2, 0) is 14.8 Å². The maximum Gasteiger partial charge on any atom is 0.261 e. The molecule has 0 aliphatic heterocycles. The highest BCUT2D eigenvalue weighted by atomic mass is 32.2. The molecule has 0 bridgehead atoms. The van der Waals surface area contributed by atoms with Crippen LogP contribution in [0.4, 0.5) is 11.4 Å². The Kier molecular flexibility index (Phi) is 4.53. The maximum atomic E-state index is 12.5. The minimum absolute atomic E-state index is 0.0895. The van der Waals surface area contributed by atoms with Gasteiger partial charge in [-0.2, -0.15) is 0 Å². The summed E-state index contributed by atoms with van der Waals surface area (Å²) in [7, 11) is -3.75. The van der Waals surface area contributed by atoms with Gasteiger partial charge in [0.15, 0.2) is 12.2 Å². The van der Waals surface area contributed by atoms with Crippen molar-refractivity contribution in [3.8, 4) is 11.3 Å². The van der Waals surface area contributed by atoms with E-state index in [9.17, 15) is 13.2 Å². The third-order valence-corrected chi connectivity index (χ3v) is 4.71. The number of oxazole rings is 1. The van der Waals surface area contributed by atoms with Gasteiger partial charge in [-0.05, 0) is 36.4 Å². The first kappa shape index (κ1) is 16.7. The van der Waals surface area contributed by atoms with Gasteiger partial charge in [-0.3, -0.25) is 9.52 Å². The lowest BCUT2D eigenvalue weighted by molar-refractivity contribution is -0.114. The van der Waals surface area contributed by atoms with Crippen LogP contribution >= 0.6 is 0 Å². The molecule has 2 N–H and O–H groups in total. The van der Waals surface area contributed by atoms with Crippen LogP contribution in [0, 0.1) is 0 Å². The van der Waals surface area contributed by atoms with Gasteiger partial charge in [-0.15, -0.1) is 0 Å². The zero-order chi connectivity index (χ0) is 17.9. The van der Waals surface area contributed by atoms with Crippen LogP contribution in [0.2, 0.25) is 0 Å². The Labute approximate surface area is 144 Å². The summed E-state index contributed by atoms with van der Waals surface area (Å²) >= 11 is 0. The molecule has 0 atom stereocenters. The van der Waals surface area contributed by atoms with E-state index < -0.39 is 10.0 Å². The molecular formula is C17H15N3O4S. The smallest absolute Gasteiger partial charge is 0.261 e. The minimum atomic E-state index is -3.75. The van der Waals surface area contributed by atoms with E-state index in [1.165, 1.54) is 37.6 Å². The Morgan fingerprint density at radius 1 is 1.08 bits per heavy atom. The lowest BCUT2D eigenvalue weighted by atomic mass is 10.2. The predicted octanol–water partition coefficient (Wildman–Crippen LogP) is 3.10. The number of nitrogens with zero attached hydrogens (tertiary/aromatic N) is 1. The highest BCUT2D eigenvalue weighted by Gasteiger charge is 2.15. The largest absolute Gasteiger partial charge is 0.444 e. The van der Waals surface area contributed by atoms with E-state index in [1.807, 2.05) is 0 Å². The van der Waals surface area contributed by atoms with Gasteiger partial charge < -0.3 is 9.73 Å². The van der Waals surface area contributed by atoms with Crippen molar-refractivity contribution in [3.63, 3.8) is 0 Å². The summed E-state index contributed by atoms with van der Waals surface area (Å²) in [5, 5.41) is 2.59. The van der Waals surface area contributed by atoms with Gasteiger partial charge in [-0.1, -0.05) is 12.1 Å². The normalized spacial score (nSPS) is 11.1. The molecule has 0 aliphatic carbocycles. The van der Waals surface area contributed by atoms with Crippen molar-refractivity contribution in [1.82, 2.24) is 4.98 Å². The van der Waals surface area contributed by atoms with Crippen molar-refractivity contribution in [1.29, 1.82) is 0 Å². The maximum absolute atomic E-state index is 12.5. The van der Waals surface area contributed by atoms with Crippen molar-refractivity contribution >= 4 is 27.3 Å². The lowest BCUT2D eigenvalue weighted by Gasteiger charge is -2.10. The third-order valence-electron chi connectivity index (χ3n) is 3.32. The van der Waals surface area contributed by atoms with Crippen molar-refractivity contribution < 1.29 is 17.6 Å². The number of sulfonamides is 1. The van der Waals surface area contributed by atoms with E-state index in [2.05, 4.69) is 15.0 Å². The summed E-state index contributed by atoms with van der Waals surface area (Å²) in [6, 6.07) is 12.7. The Balaban J connectivity index is 1.82. The molecule has 25 heavy (non-hydrogen) atoms. The fraction of sp³-hybridized carbons (Fsp3) is 0.0588. The fourth-order valence-electron chi connectivity index (χ4n) is 2.23. The summed E-state index contributed by atoms with van der Waals surface area (Å²) in [4.78, 5) is 14.9. The summed E-state index contributed by atoms with van der Waals surface area (Å²) in [5.41, 5.74) is 1.64. The van der Waals surface area contributed by atoms with Crippen molar-refractivity contribution in [3.05, 3.63) is 61.1 Å². The van der Waals surface area contributed by atoms with Crippen molar-refractivity contribution in [2.45, 2.75) is 11.8 Å². The molecular weight excluding hydrogens is 342 g/mol. The molecule has 0 saturated carbocycles. The zero-order valence-corrected chi connectivity index (χ0v) is 14.1. The van der Waals surface area contributed by atoms with Crippen LogP contribution < -0.4 is 10.0 Å². The minimum Gasteiger partial charge on any atom is -0.444 e. The Bertz CT molecular complexity index is 981. The van der Waals surface area contributed by atoms with E-state index in [4.69, 9.17) is 4.42 Å². The Hall–Kier alpha value is -3.13. The van der Waals surface area contributed by atoms with Crippen LogP contribution in [0.5, 0.6) is 0 Å². The van der Waals surface area contributed by atoms with Crippen molar-refractivity contribution in [2.75, 3.05) is 10.0 Å².